The standard InChI is InChI=1S/C19H29NOSi/c1-15(20-16(2)21)14-18-10-8-17(9-11-18)12-13-22(6,7)19(3,4)5/h8-11,15H,14H2,1-7H3,(H,20,21)/t15-/m0/s1. The maximum absolute atomic E-state index is 11.0. The van der Waals surface area contributed by atoms with Gasteiger partial charge < -0.3 is 5.32 Å². The number of benzene rings is 1. The Morgan fingerprint density at radius 3 is 2.23 bits per heavy atom. The average molecular weight is 316 g/mol. The normalized spacial score (nSPS) is 13.0. The Bertz CT molecular complexity index is 570. The lowest BCUT2D eigenvalue weighted by Gasteiger charge is -2.31. The number of hydrogen-bond acceptors (Lipinski definition) is 1. The third-order valence-corrected chi connectivity index (χ3v) is 8.84. The molecule has 1 aromatic rings. The molecule has 0 heterocycles. The lowest BCUT2D eigenvalue weighted by atomic mass is 10.1. The van der Waals surface area contributed by atoms with Crippen molar-refractivity contribution in [2.24, 2.45) is 0 Å². The van der Waals surface area contributed by atoms with Crippen LogP contribution in [0.2, 0.25) is 18.1 Å². The second-order valence-electron chi connectivity index (χ2n) is 7.63. The van der Waals surface area contributed by atoms with E-state index in [1.807, 2.05) is 6.92 Å². The SMILES string of the molecule is CC(=O)N[C@@H](C)Cc1ccc(C#C[Si](C)(C)C(C)(C)C)cc1. The lowest BCUT2D eigenvalue weighted by Crippen LogP contribution is -2.35. The summed E-state index contributed by atoms with van der Waals surface area (Å²) in [6.07, 6.45) is 0.843. The Balaban J connectivity index is 2.77. The van der Waals surface area contributed by atoms with Gasteiger partial charge in [-0.2, -0.15) is 0 Å². The zero-order chi connectivity index (χ0) is 17.0. The first-order valence-corrected chi connectivity index (χ1v) is 10.9. The van der Waals surface area contributed by atoms with Crippen LogP contribution in [0.3, 0.4) is 0 Å². The minimum Gasteiger partial charge on any atom is -0.354 e. The molecular formula is C19H29NOSi. The minimum absolute atomic E-state index is 0.0179. The predicted molar refractivity (Wildman–Crippen MR) is 97.5 cm³/mol. The van der Waals surface area contributed by atoms with Gasteiger partial charge in [-0.15, -0.1) is 5.54 Å². The first-order chi connectivity index (χ1) is 10.0. The maximum atomic E-state index is 11.0. The van der Waals surface area contributed by atoms with E-state index in [0.717, 1.165) is 12.0 Å². The van der Waals surface area contributed by atoms with Crippen LogP contribution in [0.4, 0.5) is 0 Å². The van der Waals surface area contributed by atoms with Gasteiger partial charge in [-0.1, -0.05) is 51.9 Å². The zero-order valence-electron chi connectivity index (χ0n) is 15.0. The van der Waals surface area contributed by atoms with Crippen molar-refractivity contribution in [1.82, 2.24) is 5.32 Å². The molecule has 0 aromatic heterocycles. The van der Waals surface area contributed by atoms with Crippen molar-refractivity contribution >= 4 is 14.0 Å². The van der Waals surface area contributed by atoms with E-state index < -0.39 is 8.07 Å². The fourth-order valence-corrected chi connectivity index (χ4v) is 2.72. The Morgan fingerprint density at radius 2 is 1.77 bits per heavy atom. The molecule has 0 bridgehead atoms. The van der Waals surface area contributed by atoms with Crippen LogP contribution in [0.25, 0.3) is 0 Å². The molecule has 1 rings (SSSR count). The van der Waals surface area contributed by atoms with E-state index in [1.165, 1.54) is 5.56 Å². The van der Waals surface area contributed by atoms with E-state index in [1.54, 1.807) is 6.92 Å². The van der Waals surface area contributed by atoms with E-state index >= 15 is 0 Å². The summed E-state index contributed by atoms with van der Waals surface area (Å²) in [5, 5.41) is 3.19. The van der Waals surface area contributed by atoms with Gasteiger partial charge >= 0.3 is 0 Å². The van der Waals surface area contributed by atoms with Gasteiger partial charge in [0.1, 0.15) is 8.07 Å². The predicted octanol–water partition coefficient (Wildman–Crippen LogP) is 4.15. The van der Waals surface area contributed by atoms with Crippen LogP contribution in [-0.2, 0) is 11.2 Å². The summed E-state index contributed by atoms with van der Waals surface area (Å²) >= 11 is 0. The Hall–Kier alpha value is -1.53. The summed E-state index contributed by atoms with van der Waals surface area (Å²) in [6.45, 7) is 15.1. The molecule has 22 heavy (non-hydrogen) atoms. The Kier molecular flexibility index (Phi) is 6.02. The average Bonchev–Trinajstić information content (AvgIpc) is 2.35. The highest BCUT2D eigenvalue weighted by Gasteiger charge is 2.33. The Labute approximate surface area is 136 Å². The summed E-state index contributed by atoms with van der Waals surface area (Å²) < 4.78 is 0. The van der Waals surface area contributed by atoms with Crippen molar-refractivity contribution in [3.8, 4) is 11.5 Å². The van der Waals surface area contributed by atoms with Gasteiger partial charge in [-0.25, -0.2) is 0 Å². The number of amides is 1. The zero-order valence-corrected chi connectivity index (χ0v) is 16.0. The molecule has 1 atom stereocenters. The molecule has 120 valence electrons. The highest BCUT2D eigenvalue weighted by Crippen LogP contribution is 2.35. The molecule has 0 aliphatic heterocycles. The van der Waals surface area contributed by atoms with Gasteiger partial charge in [0.2, 0.25) is 5.91 Å². The molecule has 0 unspecified atom stereocenters. The summed E-state index contributed by atoms with van der Waals surface area (Å²) in [5.74, 6) is 3.36. The molecular weight excluding hydrogens is 286 g/mol. The number of carbonyl (C=O) groups is 1. The van der Waals surface area contributed by atoms with Crippen molar-refractivity contribution in [2.75, 3.05) is 0 Å². The first kappa shape index (κ1) is 18.5. The summed E-state index contributed by atoms with van der Waals surface area (Å²) in [4.78, 5) is 11.0. The molecule has 1 N–H and O–H groups in total. The van der Waals surface area contributed by atoms with E-state index in [9.17, 15) is 4.79 Å². The molecule has 3 heteroatoms. The smallest absolute Gasteiger partial charge is 0.217 e. The molecule has 0 aliphatic rings. The third-order valence-electron chi connectivity index (χ3n) is 4.34. The lowest BCUT2D eigenvalue weighted by molar-refractivity contribution is -0.119. The van der Waals surface area contributed by atoms with Crippen molar-refractivity contribution in [1.29, 1.82) is 0 Å². The van der Waals surface area contributed by atoms with Crippen molar-refractivity contribution in [3.63, 3.8) is 0 Å². The van der Waals surface area contributed by atoms with Gasteiger partial charge in [0, 0.05) is 18.5 Å². The fourth-order valence-electron chi connectivity index (χ4n) is 1.89. The van der Waals surface area contributed by atoms with Gasteiger partial charge in [0.15, 0.2) is 0 Å². The molecule has 0 fully saturated rings. The van der Waals surface area contributed by atoms with Crippen molar-refractivity contribution in [3.05, 3.63) is 35.4 Å². The molecule has 0 radical (unpaired) electrons. The van der Waals surface area contributed by atoms with E-state index in [0.29, 0.717) is 0 Å². The van der Waals surface area contributed by atoms with Crippen molar-refractivity contribution < 1.29 is 4.79 Å². The number of rotatable bonds is 3. The van der Waals surface area contributed by atoms with Crippen LogP contribution < -0.4 is 5.32 Å². The van der Waals surface area contributed by atoms with E-state index in [4.69, 9.17) is 0 Å². The number of nitrogens with one attached hydrogen (secondary N) is 1. The molecule has 1 amide bonds. The van der Waals surface area contributed by atoms with Crippen LogP contribution in [0, 0.1) is 11.5 Å². The first-order valence-electron chi connectivity index (χ1n) is 7.90. The van der Waals surface area contributed by atoms with Crippen molar-refractivity contribution in [2.45, 2.75) is 65.2 Å². The molecule has 0 spiro atoms. The van der Waals surface area contributed by atoms with E-state index in [-0.39, 0.29) is 17.0 Å². The second kappa shape index (κ2) is 7.15. The molecule has 0 saturated carbocycles. The molecule has 2 nitrogen and oxygen atoms in total. The van der Waals surface area contributed by atoms with Crippen LogP contribution in [0.5, 0.6) is 0 Å². The topological polar surface area (TPSA) is 29.1 Å². The van der Waals surface area contributed by atoms with E-state index in [2.05, 4.69) is 74.9 Å². The van der Waals surface area contributed by atoms with Crippen LogP contribution in [0.15, 0.2) is 24.3 Å². The van der Waals surface area contributed by atoms with Gasteiger partial charge in [-0.3, -0.25) is 4.79 Å². The van der Waals surface area contributed by atoms with Crippen LogP contribution in [-0.4, -0.2) is 20.0 Å². The summed E-state index contributed by atoms with van der Waals surface area (Å²) in [5.41, 5.74) is 5.83. The van der Waals surface area contributed by atoms with Gasteiger partial charge in [-0.05, 0) is 36.1 Å². The highest BCUT2D eigenvalue weighted by molar-refractivity contribution is 6.87. The Morgan fingerprint density at radius 1 is 1.23 bits per heavy atom. The monoisotopic (exact) mass is 315 g/mol. The second-order valence-corrected chi connectivity index (χ2v) is 12.6. The maximum Gasteiger partial charge on any atom is 0.217 e. The van der Waals surface area contributed by atoms with Crippen LogP contribution >= 0.6 is 0 Å². The third kappa shape index (κ3) is 5.69. The van der Waals surface area contributed by atoms with Gasteiger partial charge in [0.05, 0.1) is 0 Å². The fraction of sp³-hybridized carbons (Fsp3) is 0.526. The minimum atomic E-state index is -1.55. The largest absolute Gasteiger partial charge is 0.354 e. The summed E-state index contributed by atoms with van der Waals surface area (Å²) in [7, 11) is -1.55. The number of hydrogen-bond donors (Lipinski definition) is 1. The summed E-state index contributed by atoms with van der Waals surface area (Å²) in [6, 6.07) is 8.52. The molecule has 0 aliphatic carbocycles. The van der Waals surface area contributed by atoms with Crippen LogP contribution in [0.1, 0.15) is 45.7 Å². The molecule has 0 saturated heterocycles. The van der Waals surface area contributed by atoms with Gasteiger partial charge in [0.25, 0.3) is 0 Å². The molecule has 1 aromatic carbocycles. The number of carbonyl (C=O) groups excluding carboxylic acids is 1. The highest BCUT2D eigenvalue weighted by atomic mass is 28.3. The quantitative estimate of drug-likeness (QED) is 0.659.